The van der Waals surface area contributed by atoms with Gasteiger partial charge >= 0.3 is 5.56 Å². The van der Waals surface area contributed by atoms with Gasteiger partial charge in [-0.1, -0.05) is 47.6 Å². The number of nitrogens with two attached hydrogens (primary N) is 1. The molecule has 2 aromatic carbocycles. The van der Waals surface area contributed by atoms with E-state index in [1.165, 1.54) is 11.8 Å². The molecule has 0 bridgehead atoms. The fourth-order valence-electron chi connectivity index (χ4n) is 2.38. The predicted molar refractivity (Wildman–Crippen MR) is 108 cm³/mol. The number of aromatic nitrogens is 3. The Balaban J connectivity index is 1.81. The Morgan fingerprint density at radius 3 is 2.81 bits per heavy atom. The third kappa shape index (κ3) is 4.35. The van der Waals surface area contributed by atoms with Gasteiger partial charge in [0.1, 0.15) is 5.75 Å². The zero-order valence-electron chi connectivity index (χ0n) is 14.8. The summed E-state index contributed by atoms with van der Waals surface area (Å²) in [5.41, 5.74) is 2.07. The van der Waals surface area contributed by atoms with Crippen molar-refractivity contribution in [1.82, 2.24) is 14.9 Å². The number of anilines is 2. The molecule has 3 aromatic rings. The Hall–Kier alpha value is -2.71. The third-order valence-corrected chi connectivity index (χ3v) is 5.09. The van der Waals surface area contributed by atoms with Crippen LogP contribution >= 0.6 is 23.4 Å². The molecular formula is C18H18ClN5O2S. The molecule has 0 fully saturated rings. The molecule has 3 rings (SSSR count). The summed E-state index contributed by atoms with van der Waals surface area (Å²) in [5.74, 6) is 7.25. The molecule has 0 aliphatic carbocycles. The minimum Gasteiger partial charge on any atom is -0.496 e. The van der Waals surface area contributed by atoms with Gasteiger partial charge in [-0.2, -0.15) is 4.68 Å². The molecule has 0 unspecified atom stereocenters. The highest BCUT2D eigenvalue weighted by Gasteiger charge is 2.13. The van der Waals surface area contributed by atoms with E-state index in [1.54, 1.807) is 19.2 Å². The molecule has 27 heavy (non-hydrogen) atoms. The minimum absolute atomic E-state index is 0.0320. The monoisotopic (exact) mass is 403 g/mol. The number of hydrogen-bond acceptors (Lipinski definition) is 7. The maximum atomic E-state index is 12.5. The number of para-hydroxylation sites is 1. The number of hydrogen-bond donors (Lipinski definition) is 2. The van der Waals surface area contributed by atoms with Crippen LogP contribution in [0.3, 0.4) is 0 Å². The Morgan fingerprint density at radius 2 is 2.04 bits per heavy atom. The smallest absolute Gasteiger partial charge is 0.315 e. The zero-order valence-corrected chi connectivity index (χ0v) is 16.3. The molecule has 7 nitrogen and oxygen atoms in total. The molecule has 0 amide bonds. The lowest BCUT2D eigenvalue weighted by Gasteiger charge is -2.11. The Labute approximate surface area is 165 Å². The van der Waals surface area contributed by atoms with Crippen LogP contribution in [0, 0.1) is 6.92 Å². The van der Waals surface area contributed by atoms with Gasteiger partial charge < -0.3 is 15.9 Å². The van der Waals surface area contributed by atoms with E-state index in [1.807, 2.05) is 37.3 Å². The molecule has 0 spiro atoms. The predicted octanol–water partition coefficient (Wildman–Crippen LogP) is 3.36. The quantitative estimate of drug-likeness (QED) is 0.481. The number of thioether (sulfide) groups is 1. The second kappa shape index (κ2) is 8.32. The molecule has 1 aromatic heterocycles. The fourth-order valence-corrected chi connectivity index (χ4v) is 3.40. The Bertz CT molecular complexity index is 1020. The van der Waals surface area contributed by atoms with E-state index in [9.17, 15) is 4.79 Å². The number of rotatable bonds is 6. The minimum atomic E-state index is -0.480. The van der Waals surface area contributed by atoms with Crippen molar-refractivity contribution in [3.8, 4) is 5.75 Å². The van der Waals surface area contributed by atoms with Gasteiger partial charge in [0.2, 0.25) is 11.0 Å². The summed E-state index contributed by atoms with van der Waals surface area (Å²) >= 11 is 7.31. The van der Waals surface area contributed by atoms with Crippen molar-refractivity contribution in [3.63, 3.8) is 0 Å². The number of halogens is 1. The number of ether oxygens (including phenoxy) is 1. The first-order valence-corrected chi connectivity index (χ1v) is 9.38. The molecule has 0 saturated heterocycles. The van der Waals surface area contributed by atoms with Gasteiger partial charge in [-0.15, -0.1) is 10.2 Å². The lowest BCUT2D eigenvalue weighted by atomic mass is 10.2. The molecule has 0 atom stereocenters. The molecule has 0 aliphatic rings. The van der Waals surface area contributed by atoms with Crippen molar-refractivity contribution in [3.05, 3.63) is 69.0 Å². The Kier molecular flexibility index (Phi) is 5.88. The highest BCUT2D eigenvalue weighted by molar-refractivity contribution is 7.98. The topological polar surface area (TPSA) is 95.1 Å². The number of nitrogens with one attached hydrogen (secondary N) is 1. The first-order valence-electron chi connectivity index (χ1n) is 8.02. The average molecular weight is 404 g/mol. The Morgan fingerprint density at radius 1 is 1.26 bits per heavy atom. The first kappa shape index (κ1) is 19.1. The lowest BCUT2D eigenvalue weighted by Crippen LogP contribution is -2.32. The summed E-state index contributed by atoms with van der Waals surface area (Å²) in [6, 6.07) is 12.9. The van der Waals surface area contributed by atoms with Crippen LogP contribution < -0.4 is 21.5 Å². The maximum Gasteiger partial charge on any atom is 0.315 e. The van der Waals surface area contributed by atoms with Gasteiger partial charge in [0.15, 0.2) is 0 Å². The second-order valence-corrected chi connectivity index (χ2v) is 7.07. The summed E-state index contributed by atoms with van der Waals surface area (Å²) in [6.07, 6.45) is 0. The van der Waals surface area contributed by atoms with Crippen molar-refractivity contribution in [2.24, 2.45) is 0 Å². The van der Waals surface area contributed by atoms with Crippen LogP contribution in [-0.2, 0) is 5.75 Å². The summed E-state index contributed by atoms with van der Waals surface area (Å²) in [4.78, 5) is 12.5. The van der Waals surface area contributed by atoms with Crippen LogP contribution in [0.25, 0.3) is 0 Å². The van der Waals surface area contributed by atoms with Gasteiger partial charge in [0.25, 0.3) is 0 Å². The van der Waals surface area contributed by atoms with Crippen molar-refractivity contribution in [1.29, 1.82) is 0 Å². The molecule has 0 saturated carbocycles. The van der Waals surface area contributed by atoms with Crippen LogP contribution in [0.2, 0.25) is 5.02 Å². The molecule has 3 N–H and O–H groups in total. The van der Waals surface area contributed by atoms with E-state index in [4.69, 9.17) is 22.2 Å². The van der Waals surface area contributed by atoms with Crippen molar-refractivity contribution >= 4 is 34.9 Å². The van der Waals surface area contributed by atoms with E-state index >= 15 is 0 Å². The SMILES string of the molecule is COc1ccccc1CSc1nnc(Nc2cc(Cl)ccc2C)c(=O)n1N. The largest absolute Gasteiger partial charge is 0.496 e. The van der Waals surface area contributed by atoms with Gasteiger partial charge in [-0.05, 0) is 30.7 Å². The summed E-state index contributed by atoms with van der Waals surface area (Å²) in [6.45, 7) is 1.89. The van der Waals surface area contributed by atoms with E-state index < -0.39 is 5.56 Å². The number of benzene rings is 2. The van der Waals surface area contributed by atoms with E-state index in [0.717, 1.165) is 21.6 Å². The van der Waals surface area contributed by atoms with Gasteiger partial charge in [-0.25, -0.2) is 0 Å². The second-order valence-electron chi connectivity index (χ2n) is 5.69. The molecule has 9 heteroatoms. The molecule has 1 heterocycles. The van der Waals surface area contributed by atoms with Crippen LogP contribution in [0.1, 0.15) is 11.1 Å². The van der Waals surface area contributed by atoms with Crippen molar-refractivity contribution < 1.29 is 4.74 Å². The highest BCUT2D eigenvalue weighted by Crippen LogP contribution is 2.26. The summed E-state index contributed by atoms with van der Waals surface area (Å²) in [7, 11) is 1.61. The molecular weight excluding hydrogens is 386 g/mol. The third-order valence-electron chi connectivity index (χ3n) is 3.86. The van der Waals surface area contributed by atoms with Crippen LogP contribution in [0.15, 0.2) is 52.4 Å². The van der Waals surface area contributed by atoms with E-state index in [0.29, 0.717) is 21.6 Å². The van der Waals surface area contributed by atoms with Crippen LogP contribution in [0.5, 0.6) is 5.75 Å². The number of methoxy groups -OCH3 is 1. The van der Waals surface area contributed by atoms with Crippen LogP contribution in [0.4, 0.5) is 11.5 Å². The van der Waals surface area contributed by atoms with Crippen molar-refractivity contribution in [2.75, 3.05) is 18.3 Å². The summed E-state index contributed by atoms with van der Waals surface area (Å²) < 4.78 is 6.31. The summed E-state index contributed by atoms with van der Waals surface area (Å²) in [5, 5.41) is 11.9. The normalized spacial score (nSPS) is 10.6. The van der Waals surface area contributed by atoms with E-state index in [-0.39, 0.29) is 5.82 Å². The first-order chi connectivity index (χ1) is 13.0. The van der Waals surface area contributed by atoms with Crippen molar-refractivity contribution in [2.45, 2.75) is 17.8 Å². The molecule has 0 radical (unpaired) electrons. The highest BCUT2D eigenvalue weighted by atomic mass is 35.5. The standard InChI is InChI=1S/C18H18ClN5O2S/c1-11-7-8-13(19)9-14(11)21-16-17(25)24(20)18(23-22-16)27-10-12-5-3-4-6-15(12)26-2/h3-9H,10,20H2,1-2H3,(H,21,22). The zero-order chi connectivity index (χ0) is 19.4. The average Bonchev–Trinajstić information content (AvgIpc) is 2.68. The lowest BCUT2D eigenvalue weighted by molar-refractivity contribution is 0.411. The number of nitrogens with zero attached hydrogens (tertiary/aromatic N) is 3. The number of aryl methyl sites for hydroxylation is 1. The molecule has 0 aliphatic heterocycles. The molecule has 140 valence electrons. The maximum absolute atomic E-state index is 12.5. The van der Waals surface area contributed by atoms with Gasteiger partial charge in [-0.3, -0.25) is 4.79 Å². The number of nitrogen functional groups attached to an aromatic ring is 1. The van der Waals surface area contributed by atoms with Gasteiger partial charge in [0, 0.05) is 22.0 Å². The van der Waals surface area contributed by atoms with Crippen LogP contribution in [-0.4, -0.2) is 22.0 Å². The van der Waals surface area contributed by atoms with Gasteiger partial charge in [0.05, 0.1) is 7.11 Å². The van der Waals surface area contributed by atoms with E-state index in [2.05, 4.69) is 15.5 Å². The fraction of sp³-hybridized carbons (Fsp3) is 0.167.